The smallest absolute Gasteiger partial charge is 0.307 e. The minimum Gasteiger partial charge on any atom is -0.307 e. The molecular formula is C15H13ClN2O. The summed E-state index contributed by atoms with van der Waals surface area (Å²) in [5, 5.41) is 1.03. The van der Waals surface area contributed by atoms with Crippen molar-refractivity contribution in [3.63, 3.8) is 0 Å². The van der Waals surface area contributed by atoms with Crippen molar-refractivity contribution in [1.29, 1.82) is 0 Å². The van der Waals surface area contributed by atoms with Crippen molar-refractivity contribution in [2.75, 3.05) is 0 Å². The molecule has 0 bridgehead atoms. The molecule has 0 aliphatic carbocycles. The number of aromatic amines is 1. The molecule has 2 aromatic heterocycles. The lowest BCUT2D eigenvalue weighted by molar-refractivity contribution is 1.02. The fraction of sp³-hybridized carbons (Fsp3) is 0.133. The molecule has 0 amide bonds. The number of H-pyrrole nitrogens is 1. The standard InChI is InChI=1S/C15H12N2O.ClH/c1-3-6-13-10(2)9-14-11-7-4-5-8-12(11)16-15(18)17(13)14;/h4-5,7-9H,1-2H3,(H,16,18);1H. The van der Waals surface area contributed by atoms with Gasteiger partial charge in [0.05, 0.1) is 11.0 Å². The van der Waals surface area contributed by atoms with Crippen molar-refractivity contribution in [3.8, 4) is 11.8 Å². The molecule has 0 aliphatic rings. The molecule has 3 nitrogen and oxygen atoms in total. The van der Waals surface area contributed by atoms with Crippen LogP contribution in [0.3, 0.4) is 0 Å². The predicted octanol–water partition coefficient (Wildman–Crippen LogP) is 2.88. The van der Waals surface area contributed by atoms with E-state index in [1.165, 1.54) is 0 Å². The number of aryl methyl sites for hydroxylation is 1. The van der Waals surface area contributed by atoms with E-state index in [0.29, 0.717) is 0 Å². The van der Waals surface area contributed by atoms with Gasteiger partial charge in [0.1, 0.15) is 5.69 Å². The van der Waals surface area contributed by atoms with E-state index < -0.39 is 0 Å². The third-order valence-electron chi connectivity index (χ3n) is 3.08. The summed E-state index contributed by atoms with van der Waals surface area (Å²) in [6, 6.07) is 9.80. The van der Waals surface area contributed by atoms with Crippen molar-refractivity contribution < 1.29 is 0 Å². The van der Waals surface area contributed by atoms with Gasteiger partial charge in [-0.15, -0.1) is 12.4 Å². The van der Waals surface area contributed by atoms with Gasteiger partial charge in [-0.05, 0) is 37.5 Å². The second kappa shape index (κ2) is 4.83. The zero-order chi connectivity index (χ0) is 12.7. The number of para-hydroxylation sites is 1. The van der Waals surface area contributed by atoms with Crippen LogP contribution in [0.15, 0.2) is 35.1 Å². The van der Waals surface area contributed by atoms with Crippen LogP contribution in [-0.2, 0) is 0 Å². The molecule has 0 fully saturated rings. The summed E-state index contributed by atoms with van der Waals surface area (Å²) >= 11 is 0. The summed E-state index contributed by atoms with van der Waals surface area (Å²) in [5.41, 5.74) is 3.40. The van der Waals surface area contributed by atoms with E-state index in [1.807, 2.05) is 37.3 Å². The molecule has 96 valence electrons. The molecule has 4 heteroatoms. The Labute approximate surface area is 116 Å². The predicted molar refractivity (Wildman–Crippen MR) is 80.1 cm³/mol. The highest BCUT2D eigenvalue weighted by Crippen LogP contribution is 2.20. The molecule has 0 radical (unpaired) electrons. The van der Waals surface area contributed by atoms with Crippen LogP contribution in [0, 0.1) is 18.8 Å². The average molecular weight is 273 g/mol. The maximum Gasteiger partial charge on any atom is 0.331 e. The highest BCUT2D eigenvalue weighted by atomic mass is 35.5. The molecule has 0 spiro atoms. The number of halogens is 1. The maximum atomic E-state index is 12.1. The van der Waals surface area contributed by atoms with Crippen molar-refractivity contribution in [2.45, 2.75) is 13.8 Å². The first-order valence-electron chi connectivity index (χ1n) is 5.78. The highest BCUT2D eigenvalue weighted by Gasteiger charge is 2.10. The summed E-state index contributed by atoms with van der Waals surface area (Å²) in [5.74, 6) is 5.85. The van der Waals surface area contributed by atoms with E-state index in [-0.39, 0.29) is 18.1 Å². The quantitative estimate of drug-likeness (QED) is 0.628. The van der Waals surface area contributed by atoms with Gasteiger partial charge in [0.2, 0.25) is 0 Å². The van der Waals surface area contributed by atoms with Gasteiger partial charge in [0.15, 0.2) is 0 Å². The fourth-order valence-corrected chi connectivity index (χ4v) is 2.30. The second-order valence-electron chi connectivity index (χ2n) is 4.25. The Morgan fingerprint density at radius 3 is 2.74 bits per heavy atom. The number of hydrogen-bond donors (Lipinski definition) is 1. The van der Waals surface area contributed by atoms with Crippen LogP contribution in [0.2, 0.25) is 0 Å². The molecule has 0 unspecified atom stereocenters. The summed E-state index contributed by atoms with van der Waals surface area (Å²) in [6.07, 6.45) is 0. The zero-order valence-corrected chi connectivity index (χ0v) is 11.5. The fourth-order valence-electron chi connectivity index (χ4n) is 2.30. The van der Waals surface area contributed by atoms with Gasteiger partial charge in [-0.1, -0.05) is 24.1 Å². The minimum absolute atomic E-state index is 0. The molecule has 3 rings (SSSR count). The monoisotopic (exact) mass is 272 g/mol. The van der Waals surface area contributed by atoms with Crippen LogP contribution in [0.25, 0.3) is 16.4 Å². The summed E-state index contributed by atoms with van der Waals surface area (Å²) in [4.78, 5) is 15.0. The normalized spacial score (nSPS) is 10.0. The van der Waals surface area contributed by atoms with E-state index in [4.69, 9.17) is 0 Å². The van der Waals surface area contributed by atoms with Crippen molar-refractivity contribution in [3.05, 3.63) is 52.1 Å². The summed E-state index contributed by atoms with van der Waals surface area (Å²) in [6.45, 7) is 3.74. The molecule has 0 aliphatic heterocycles. The number of nitrogens with zero attached hydrogens (tertiary/aromatic N) is 1. The Balaban J connectivity index is 0.00000133. The number of benzene rings is 1. The number of aromatic nitrogens is 2. The Kier molecular flexibility index (Phi) is 3.37. The third-order valence-corrected chi connectivity index (χ3v) is 3.08. The van der Waals surface area contributed by atoms with Gasteiger partial charge in [0.25, 0.3) is 0 Å². The third kappa shape index (κ3) is 1.91. The molecule has 1 aromatic carbocycles. The van der Waals surface area contributed by atoms with Crippen molar-refractivity contribution in [1.82, 2.24) is 9.38 Å². The molecular weight excluding hydrogens is 260 g/mol. The average Bonchev–Trinajstić information content (AvgIpc) is 2.68. The first-order valence-corrected chi connectivity index (χ1v) is 5.78. The largest absolute Gasteiger partial charge is 0.331 e. The van der Waals surface area contributed by atoms with Crippen LogP contribution < -0.4 is 5.69 Å². The molecule has 0 saturated carbocycles. The summed E-state index contributed by atoms with van der Waals surface area (Å²) < 4.78 is 1.65. The first kappa shape index (κ1) is 13.3. The molecule has 0 saturated heterocycles. The van der Waals surface area contributed by atoms with E-state index in [1.54, 1.807) is 11.3 Å². The van der Waals surface area contributed by atoms with Crippen LogP contribution in [-0.4, -0.2) is 9.38 Å². The maximum absolute atomic E-state index is 12.1. The molecule has 0 atom stereocenters. The van der Waals surface area contributed by atoms with E-state index in [9.17, 15) is 4.79 Å². The van der Waals surface area contributed by atoms with Crippen LogP contribution >= 0.6 is 12.4 Å². The van der Waals surface area contributed by atoms with Crippen molar-refractivity contribution >= 4 is 28.8 Å². The Morgan fingerprint density at radius 2 is 2.00 bits per heavy atom. The van der Waals surface area contributed by atoms with Crippen molar-refractivity contribution in [2.24, 2.45) is 0 Å². The Bertz CT molecular complexity index is 878. The minimum atomic E-state index is -0.144. The lowest BCUT2D eigenvalue weighted by atomic mass is 10.2. The van der Waals surface area contributed by atoms with Crippen LogP contribution in [0.5, 0.6) is 0 Å². The van der Waals surface area contributed by atoms with Gasteiger partial charge in [-0.2, -0.15) is 0 Å². The van der Waals surface area contributed by atoms with E-state index in [2.05, 4.69) is 16.8 Å². The Morgan fingerprint density at radius 1 is 1.26 bits per heavy atom. The lowest BCUT2D eigenvalue weighted by Crippen LogP contribution is -2.17. The highest BCUT2D eigenvalue weighted by molar-refractivity contribution is 5.94. The van der Waals surface area contributed by atoms with Gasteiger partial charge in [0, 0.05) is 5.39 Å². The molecule has 19 heavy (non-hydrogen) atoms. The first-order chi connectivity index (χ1) is 8.72. The van der Waals surface area contributed by atoms with Gasteiger partial charge < -0.3 is 4.98 Å². The number of rotatable bonds is 0. The zero-order valence-electron chi connectivity index (χ0n) is 10.7. The second-order valence-corrected chi connectivity index (χ2v) is 4.25. The van der Waals surface area contributed by atoms with E-state index in [0.717, 1.165) is 27.7 Å². The number of nitrogens with one attached hydrogen (secondary N) is 1. The van der Waals surface area contributed by atoms with Crippen LogP contribution in [0.4, 0.5) is 0 Å². The van der Waals surface area contributed by atoms with Crippen LogP contribution in [0.1, 0.15) is 18.2 Å². The SMILES string of the molecule is CC#Cc1c(C)cc2c3ccccc3[nH]c(=O)n12.Cl. The molecule has 1 N–H and O–H groups in total. The molecule has 3 aromatic rings. The lowest BCUT2D eigenvalue weighted by Gasteiger charge is -2.01. The van der Waals surface area contributed by atoms with Gasteiger partial charge in [-0.25, -0.2) is 4.79 Å². The topological polar surface area (TPSA) is 37.3 Å². The van der Waals surface area contributed by atoms with E-state index >= 15 is 0 Å². The number of fused-ring (bicyclic) bond motifs is 3. The molecule has 2 heterocycles. The van der Waals surface area contributed by atoms with Gasteiger partial charge in [-0.3, -0.25) is 4.40 Å². The summed E-state index contributed by atoms with van der Waals surface area (Å²) in [7, 11) is 0. The van der Waals surface area contributed by atoms with Gasteiger partial charge >= 0.3 is 5.69 Å². The number of hydrogen-bond acceptors (Lipinski definition) is 1. The Hall–Kier alpha value is -2.18.